The van der Waals surface area contributed by atoms with E-state index in [2.05, 4.69) is 10.3 Å². The summed E-state index contributed by atoms with van der Waals surface area (Å²) in [6, 6.07) is 3.86. The minimum atomic E-state index is -0.122. The van der Waals surface area contributed by atoms with Gasteiger partial charge in [0.15, 0.2) is 0 Å². The lowest BCUT2D eigenvalue weighted by atomic mass is 10.3. The maximum absolute atomic E-state index is 11.9. The van der Waals surface area contributed by atoms with Gasteiger partial charge in [-0.15, -0.1) is 11.3 Å². The van der Waals surface area contributed by atoms with Crippen LogP contribution in [-0.2, 0) is 17.9 Å². The molecule has 3 aromatic rings. The summed E-state index contributed by atoms with van der Waals surface area (Å²) in [5.41, 5.74) is 1.55. The Hall–Kier alpha value is -2.19. The molecule has 120 valence electrons. The van der Waals surface area contributed by atoms with E-state index in [-0.39, 0.29) is 17.2 Å². The van der Waals surface area contributed by atoms with Crippen molar-refractivity contribution in [2.24, 2.45) is 0 Å². The number of nitrogens with one attached hydrogen (secondary N) is 1. The minimum absolute atomic E-state index is 0.0348. The first-order valence-electron chi connectivity index (χ1n) is 7.03. The molecule has 0 bridgehead atoms. The summed E-state index contributed by atoms with van der Waals surface area (Å²) >= 11 is 2.70. The van der Waals surface area contributed by atoms with Gasteiger partial charge in [-0.05, 0) is 18.4 Å². The van der Waals surface area contributed by atoms with Crippen molar-refractivity contribution in [1.29, 1.82) is 0 Å². The highest BCUT2D eigenvalue weighted by molar-refractivity contribution is 7.13. The van der Waals surface area contributed by atoms with Crippen LogP contribution in [0.3, 0.4) is 0 Å². The number of hydrogen-bond donors (Lipinski definition) is 1. The van der Waals surface area contributed by atoms with Crippen LogP contribution < -0.4 is 10.2 Å². The van der Waals surface area contributed by atoms with E-state index >= 15 is 0 Å². The van der Waals surface area contributed by atoms with Gasteiger partial charge in [-0.2, -0.15) is 0 Å². The van der Waals surface area contributed by atoms with Crippen molar-refractivity contribution in [3.05, 3.63) is 50.2 Å². The molecular formula is C15H15N3O3S2. The number of amides is 1. The van der Waals surface area contributed by atoms with Crippen molar-refractivity contribution >= 4 is 28.6 Å². The Labute approximate surface area is 140 Å². The first-order chi connectivity index (χ1) is 11.1. The Kier molecular flexibility index (Phi) is 4.73. The third-order valence-corrected chi connectivity index (χ3v) is 5.03. The third kappa shape index (κ3) is 3.77. The van der Waals surface area contributed by atoms with Crippen LogP contribution in [0.25, 0.3) is 10.8 Å². The number of rotatable bonds is 6. The normalized spacial score (nSPS) is 10.8. The molecule has 1 N–H and O–H groups in total. The van der Waals surface area contributed by atoms with Gasteiger partial charge in [-0.25, -0.2) is 4.98 Å². The van der Waals surface area contributed by atoms with Gasteiger partial charge in [0, 0.05) is 24.0 Å². The molecule has 3 heterocycles. The first-order valence-corrected chi connectivity index (χ1v) is 8.79. The SMILES string of the molecule is Cc1csc(=O)n1CCC(=O)NCc1coc(-c2cccs2)n1. The van der Waals surface area contributed by atoms with Gasteiger partial charge in [0.05, 0.1) is 17.1 Å². The molecule has 0 aromatic carbocycles. The zero-order chi connectivity index (χ0) is 16.2. The average Bonchev–Trinajstić information content (AvgIpc) is 3.25. The number of oxazole rings is 1. The Morgan fingerprint density at radius 3 is 3.00 bits per heavy atom. The van der Waals surface area contributed by atoms with Gasteiger partial charge in [-0.1, -0.05) is 17.4 Å². The number of thiazole rings is 1. The number of nitrogens with zero attached hydrogens (tertiary/aromatic N) is 2. The van der Waals surface area contributed by atoms with Gasteiger partial charge in [-0.3, -0.25) is 9.59 Å². The Bertz CT molecular complexity index is 846. The van der Waals surface area contributed by atoms with Crippen LogP contribution in [0, 0.1) is 6.92 Å². The molecule has 8 heteroatoms. The molecule has 0 aliphatic carbocycles. The van der Waals surface area contributed by atoms with E-state index in [0.717, 1.165) is 21.9 Å². The molecule has 0 spiro atoms. The molecule has 0 atom stereocenters. The summed E-state index contributed by atoms with van der Waals surface area (Å²) in [4.78, 5) is 28.7. The largest absolute Gasteiger partial charge is 0.443 e. The Morgan fingerprint density at radius 1 is 1.43 bits per heavy atom. The van der Waals surface area contributed by atoms with E-state index in [1.165, 1.54) is 0 Å². The molecule has 6 nitrogen and oxygen atoms in total. The zero-order valence-corrected chi connectivity index (χ0v) is 14.1. The lowest BCUT2D eigenvalue weighted by Gasteiger charge is -2.05. The molecule has 3 rings (SSSR count). The molecule has 3 aromatic heterocycles. The van der Waals surface area contributed by atoms with E-state index in [1.807, 2.05) is 24.4 Å². The quantitative estimate of drug-likeness (QED) is 0.742. The Morgan fingerprint density at radius 2 is 2.30 bits per heavy atom. The van der Waals surface area contributed by atoms with E-state index < -0.39 is 0 Å². The maximum Gasteiger partial charge on any atom is 0.307 e. The highest BCUT2D eigenvalue weighted by atomic mass is 32.1. The predicted octanol–water partition coefficient (Wildman–Crippen LogP) is 2.64. The summed E-state index contributed by atoms with van der Waals surface area (Å²) in [6.45, 7) is 2.56. The van der Waals surface area contributed by atoms with Gasteiger partial charge >= 0.3 is 4.87 Å². The number of hydrogen-bond acceptors (Lipinski definition) is 6. The van der Waals surface area contributed by atoms with Crippen LogP contribution in [0.4, 0.5) is 0 Å². The highest BCUT2D eigenvalue weighted by Crippen LogP contribution is 2.23. The van der Waals surface area contributed by atoms with Crippen LogP contribution >= 0.6 is 22.7 Å². The van der Waals surface area contributed by atoms with Crippen LogP contribution in [0.15, 0.2) is 38.4 Å². The highest BCUT2D eigenvalue weighted by Gasteiger charge is 2.10. The van der Waals surface area contributed by atoms with Crippen molar-refractivity contribution in [2.45, 2.75) is 26.4 Å². The molecule has 0 radical (unpaired) electrons. The lowest BCUT2D eigenvalue weighted by molar-refractivity contribution is -0.121. The fourth-order valence-electron chi connectivity index (χ4n) is 2.07. The van der Waals surface area contributed by atoms with Crippen molar-refractivity contribution in [2.75, 3.05) is 0 Å². The van der Waals surface area contributed by atoms with E-state index in [9.17, 15) is 9.59 Å². The number of carbonyl (C=O) groups is 1. The van der Waals surface area contributed by atoms with Crippen LogP contribution in [0.5, 0.6) is 0 Å². The van der Waals surface area contributed by atoms with E-state index in [4.69, 9.17) is 4.42 Å². The molecule has 1 amide bonds. The number of aromatic nitrogens is 2. The van der Waals surface area contributed by atoms with Crippen molar-refractivity contribution < 1.29 is 9.21 Å². The molecule has 0 fully saturated rings. The molecule has 23 heavy (non-hydrogen) atoms. The zero-order valence-electron chi connectivity index (χ0n) is 12.4. The van der Waals surface area contributed by atoms with Crippen LogP contribution in [-0.4, -0.2) is 15.5 Å². The predicted molar refractivity (Wildman–Crippen MR) is 89.6 cm³/mol. The fraction of sp³-hybridized carbons (Fsp3) is 0.267. The van der Waals surface area contributed by atoms with Crippen LogP contribution in [0.2, 0.25) is 0 Å². The van der Waals surface area contributed by atoms with Gasteiger partial charge in [0.2, 0.25) is 11.8 Å². The second-order valence-electron chi connectivity index (χ2n) is 4.94. The molecule has 0 aliphatic heterocycles. The van der Waals surface area contributed by atoms with Gasteiger partial charge in [0.1, 0.15) is 6.26 Å². The fourth-order valence-corrected chi connectivity index (χ4v) is 3.48. The standard InChI is InChI=1S/C15H15N3O3S2/c1-10-9-23-15(20)18(10)5-4-13(19)16-7-11-8-21-14(17-11)12-3-2-6-22-12/h2-3,6,8-9H,4-5,7H2,1H3,(H,16,19). The molecular weight excluding hydrogens is 334 g/mol. The maximum atomic E-state index is 11.9. The van der Waals surface area contributed by atoms with Crippen molar-refractivity contribution in [3.63, 3.8) is 0 Å². The first kappa shape index (κ1) is 15.7. The van der Waals surface area contributed by atoms with E-state index in [0.29, 0.717) is 24.7 Å². The topological polar surface area (TPSA) is 77.1 Å². The summed E-state index contributed by atoms with van der Waals surface area (Å²) in [7, 11) is 0. The molecule has 0 saturated carbocycles. The molecule has 0 aliphatic rings. The monoisotopic (exact) mass is 349 g/mol. The molecule has 0 unspecified atom stereocenters. The summed E-state index contributed by atoms with van der Waals surface area (Å²) in [5.74, 6) is 0.438. The second-order valence-corrected chi connectivity index (χ2v) is 6.71. The Balaban J connectivity index is 1.50. The average molecular weight is 349 g/mol. The van der Waals surface area contributed by atoms with Gasteiger partial charge in [0.25, 0.3) is 0 Å². The smallest absolute Gasteiger partial charge is 0.307 e. The van der Waals surface area contributed by atoms with Crippen molar-refractivity contribution in [3.8, 4) is 10.8 Å². The summed E-state index contributed by atoms with van der Waals surface area (Å²) in [5, 5.41) is 6.54. The lowest BCUT2D eigenvalue weighted by Crippen LogP contribution is -2.26. The number of aryl methyl sites for hydroxylation is 1. The van der Waals surface area contributed by atoms with Crippen LogP contribution in [0.1, 0.15) is 17.8 Å². The minimum Gasteiger partial charge on any atom is -0.443 e. The van der Waals surface area contributed by atoms with Crippen molar-refractivity contribution in [1.82, 2.24) is 14.9 Å². The molecule has 0 saturated heterocycles. The summed E-state index contributed by atoms with van der Waals surface area (Å²) in [6.07, 6.45) is 1.80. The second kappa shape index (κ2) is 6.93. The number of thiophene rings is 1. The number of carbonyl (C=O) groups excluding carboxylic acids is 1. The van der Waals surface area contributed by atoms with E-state index in [1.54, 1.807) is 27.5 Å². The van der Waals surface area contributed by atoms with Gasteiger partial charge < -0.3 is 14.3 Å². The third-order valence-electron chi connectivity index (χ3n) is 3.29. The summed E-state index contributed by atoms with van der Waals surface area (Å²) < 4.78 is 7.00.